The number of rotatable bonds is 3. The fraction of sp³-hybridized carbons (Fsp3) is 0.0667. The van der Waals surface area contributed by atoms with Crippen LogP contribution in [0.1, 0.15) is 0 Å². The van der Waals surface area contributed by atoms with Gasteiger partial charge >= 0.3 is 0 Å². The summed E-state index contributed by atoms with van der Waals surface area (Å²) < 4.78 is 5.71. The molecule has 3 rings (SSSR count). The van der Waals surface area contributed by atoms with Gasteiger partial charge in [-0.2, -0.15) is 0 Å². The summed E-state index contributed by atoms with van der Waals surface area (Å²) in [6.45, 7) is 0. The Morgan fingerprint density at radius 1 is 0.950 bits per heavy atom. The van der Waals surface area contributed by atoms with Crippen LogP contribution in [0.5, 0.6) is 11.6 Å². The molecule has 20 heavy (non-hydrogen) atoms. The fourth-order valence-electron chi connectivity index (χ4n) is 1.83. The van der Waals surface area contributed by atoms with E-state index in [0.717, 1.165) is 11.0 Å². The van der Waals surface area contributed by atoms with Crippen molar-refractivity contribution in [3.63, 3.8) is 0 Å². The predicted molar refractivity (Wildman–Crippen MR) is 82.2 cm³/mol. The molecule has 3 aromatic rings. The first-order chi connectivity index (χ1) is 9.76. The van der Waals surface area contributed by atoms with Gasteiger partial charge in [0.15, 0.2) is 5.82 Å². The molecule has 0 bridgehead atoms. The van der Waals surface area contributed by atoms with Gasteiger partial charge in [0.05, 0.1) is 11.0 Å². The lowest BCUT2D eigenvalue weighted by Gasteiger charge is -2.08. The molecule has 0 fully saturated rings. The summed E-state index contributed by atoms with van der Waals surface area (Å²) in [5.74, 6) is 1.32. The van der Waals surface area contributed by atoms with Gasteiger partial charge in [-0.1, -0.05) is 12.1 Å². The number of nitrogen functional groups attached to an aromatic ring is 1. The van der Waals surface area contributed by atoms with E-state index < -0.39 is 0 Å². The number of nitrogens with zero attached hydrogens (tertiary/aromatic N) is 2. The smallest absolute Gasteiger partial charge is 0.263 e. The second kappa shape index (κ2) is 5.38. The highest BCUT2D eigenvalue weighted by Gasteiger charge is 2.08. The van der Waals surface area contributed by atoms with E-state index in [1.54, 1.807) is 11.8 Å². The molecule has 0 saturated carbocycles. The van der Waals surface area contributed by atoms with Crippen molar-refractivity contribution in [1.82, 2.24) is 9.97 Å². The highest BCUT2D eigenvalue weighted by molar-refractivity contribution is 7.98. The van der Waals surface area contributed by atoms with E-state index in [0.29, 0.717) is 11.6 Å². The van der Waals surface area contributed by atoms with Crippen LogP contribution in [0.3, 0.4) is 0 Å². The van der Waals surface area contributed by atoms with Crippen LogP contribution in [-0.2, 0) is 0 Å². The van der Waals surface area contributed by atoms with Crippen LogP contribution in [0.2, 0.25) is 0 Å². The van der Waals surface area contributed by atoms with E-state index in [4.69, 9.17) is 10.5 Å². The standard InChI is InChI=1S/C15H13N3OS/c1-20-11-8-6-10(7-9-11)19-15-14(16)17-12-4-2-3-5-13(12)18-15/h2-9H,1H3,(H2,16,17). The summed E-state index contributed by atoms with van der Waals surface area (Å²) in [6, 6.07) is 15.3. The van der Waals surface area contributed by atoms with Crippen molar-refractivity contribution in [2.75, 3.05) is 12.0 Å². The number of benzene rings is 2. The second-order valence-corrected chi connectivity index (χ2v) is 5.06. The molecule has 2 aromatic carbocycles. The number of aromatic nitrogens is 2. The molecule has 1 heterocycles. The Bertz CT molecular complexity index is 744. The van der Waals surface area contributed by atoms with E-state index in [2.05, 4.69) is 9.97 Å². The molecule has 0 radical (unpaired) electrons. The molecule has 2 N–H and O–H groups in total. The Balaban J connectivity index is 1.94. The van der Waals surface area contributed by atoms with E-state index in [1.165, 1.54) is 4.90 Å². The first-order valence-electron chi connectivity index (χ1n) is 6.10. The minimum Gasteiger partial charge on any atom is -0.436 e. The Kier molecular flexibility index (Phi) is 3.43. The van der Waals surface area contributed by atoms with Crippen LogP contribution >= 0.6 is 11.8 Å². The lowest BCUT2D eigenvalue weighted by molar-refractivity contribution is 0.465. The van der Waals surface area contributed by atoms with Crippen molar-refractivity contribution in [3.8, 4) is 11.6 Å². The Hall–Kier alpha value is -2.27. The van der Waals surface area contributed by atoms with Gasteiger partial charge in [-0.15, -0.1) is 11.8 Å². The molecule has 5 heteroatoms. The molecule has 100 valence electrons. The number of thioether (sulfide) groups is 1. The molecule has 0 aliphatic heterocycles. The van der Waals surface area contributed by atoms with Gasteiger partial charge in [-0.3, -0.25) is 0 Å². The van der Waals surface area contributed by atoms with Gasteiger partial charge in [-0.25, -0.2) is 9.97 Å². The predicted octanol–water partition coefficient (Wildman–Crippen LogP) is 3.73. The maximum atomic E-state index is 5.89. The fourth-order valence-corrected chi connectivity index (χ4v) is 2.24. The van der Waals surface area contributed by atoms with Gasteiger partial charge < -0.3 is 10.5 Å². The van der Waals surface area contributed by atoms with Crippen molar-refractivity contribution in [1.29, 1.82) is 0 Å². The zero-order chi connectivity index (χ0) is 13.9. The number of hydrogen-bond acceptors (Lipinski definition) is 5. The van der Waals surface area contributed by atoms with Crippen LogP contribution in [0, 0.1) is 0 Å². The molecule has 0 amide bonds. The third-order valence-electron chi connectivity index (χ3n) is 2.84. The van der Waals surface area contributed by atoms with Crippen molar-refractivity contribution >= 4 is 28.6 Å². The van der Waals surface area contributed by atoms with Crippen LogP contribution < -0.4 is 10.5 Å². The van der Waals surface area contributed by atoms with Gasteiger partial charge in [0.2, 0.25) is 0 Å². The largest absolute Gasteiger partial charge is 0.436 e. The number of hydrogen-bond donors (Lipinski definition) is 1. The maximum Gasteiger partial charge on any atom is 0.263 e. The van der Waals surface area contributed by atoms with Crippen LogP contribution in [0.4, 0.5) is 5.82 Å². The summed E-state index contributed by atoms with van der Waals surface area (Å²) in [5, 5.41) is 0. The zero-order valence-corrected chi connectivity index (χ0v) is 11.7. The number of fused-ring (bicyclic) bond motifs is 1. The van der Waals surface area contributed by atoms with Crippen molar-refractivity contribution in [2.24, 2.45) is 0 Å². The molecule has 0 atom stereocenters. The average Bonchev–Trinajstić information content (AvgIpc) is 2.49. The molecule has 0 saturated heterocycles. The third kappa shape index (κ3) is 2.53. The normalized spacial score (nSPS) is 10.7. The topological polar surface area (TPSA) is 61.0 Å². The van der Waals surface area contributed by atoms with Gasteiger partial charge in [0, 0.05) is 4.90 Å². The first kappa shape index (κ1) is 12.7. The highest BCUT2D eigenvalue weighted by Crippen LogP contribution is 2.27. The average molecular weight is 283 g/mol. The minimum atomic E-state index is 0.289. The summed E-state index contributed by atoms with van der Waals surface area (Å²) in [4.78, 5) is 9.87. The van der Waals surface area contributed by atoms with Crippen molar-refractivity contribution in [2.45, 2.75) is 4.90 Å². The molecule has 0 aliphatic carbocycles. The number of nitrogens with two attached hydrogens (primary N) is 1. The summed E-state index contributed by atoms with van der Waals surface area (Å²) in [6.07, 6.45) is 2.03. The van der Waals surface area contributed by atoms with Crippen LogP contribution in [-0.4, -0.2) is 16.2 Å². The highest BCUT2D eigenvalue weighted by atomic mass is 32.2. The molecule has 0 unspecified atom stereocenters. The molecular formula is C15H13N3OS. The summed E-state index contributed by atoms with van der Waals surface area (Å²) >= 11 is 1.68. The molecule has 0 spiro atoms. The van der Waals surface area contributed by atoms with Gasteiger partial charge in [-0.05, 0) is 42.7 Å². The van der Waals surface area contributed by atoms with Crippen LogP contribution in [0.15, 0.2) is 53.4 Å². The SMILES string of the molecule is CSc1ccc(Oc2nc3ccccc3nc2N)cc1. The van der Waals surface area contributed by atoms with Crippen molar-refractivity contribution < 1.29 is 4.74 Å². The lowest BCUT2D eigenvalue weighted by Crippen LogP contribution is -1.99. The summed E-state index contributed by atoms with van der Waals surface area (Å²) in [7, 11) is 0. The molecule has 0 aliphatic rings. The van der Waals surface area contributed by atoms with E-state index >= 15 is 0 Å². The van der Waals surface area contributed by atoms with E-state index in [1.807, 2.05) is 54.8 Å². The van der Waals surface area contributed by atoms with Gasteiger partial charge in [0.1, 0.15) is 5.75 Å². The zero-order valence-electron chi connectivity index (χ0n) is 10.9. The summed E-state index contributed by atoms with van der Waals surface area (Å²) in [5.41, 5.74) is 7.41. The molecular weight excluding hydrogens is 270 g/mol. The number of para-hydroxylation sites is 2. The van der Waals surface area contributed by atoms with E-state index in [9.17, 15) is 0 Å². The first-order valence-corrected chi connectivity index (χ1v) is 7.33. The third-order valence-corrected chi connectivity index (χ3v) is 3.58. The number of anilines is 1. The molecule has 4 nitrogen and oxygen atoms in total. The number of ether oxygens (including phenoxy) is 1. The lowest BCUT2D eigenvalue weighted by atomic mass is 10.3. The van der Waals surface area contributed by atoms with E-state index in [-0.39, 0.29) is 5.82 Å². The van der Waals surface area contributed by atoms with Crippen LogP contribution in [0.25, 0.3) is 11.0 Å². The quantitative estimate of drug-likeness (QED) is 0.742. The molecule has 1 aromatic heterocycles. The van der Waals surface area contributed by atoms with Gasteiger partial charge in [0.25, 0.3) is 5.88 Å². The maximum absolute atomic E-state index is 5.89. The Labute approximate surface area is 121 Å². The monoisotopic (exact) mass is 283 g/mol. The Morgan fingerprint density at radius 3 is 2.25 bits per heavy atom. The van der Waals surface area contributed by atoms with Crippen molar-refractivity contribution in [3.05, 3.63) is 48.5 Å². The Morgan fingerprint density at radius 2 is 1.60 bits per heavy atom. The second-order valence-electron chi connectivity index (χ2n) is 4.18. The minimum absolute atomic E-state index is 0.289.